The van der Waals surface area contributed by atoms with Crippen LogP contribution in [0, 0.1) is 0 Å². The zero-order valence-electron chi connectivity index (χ0n) is 11.2. The number of aromatic nitrogens is 1. The molecule has 102 valence electrons. The molecule has 2 aromatic rings. The second-order valence-corrected chi connectivity index (χ2v) is 4.49. The Hall–Kier alpha value is -1.65. The average molecular weight is 260 g/mol. The Morgan fingerprint density at radius 2 is 2.05 bits per heavy atom. The summed E-state index contributed by atoms with van der Waals surface area (Å²) < 4.78 is 5.38. The minimum absolute atomic E-state index is 0.224. The maximum absolute atomic E-state index is 8.87. The molecule has 0 spiro atoms. The van der Waals surface area contributed by atoms with E-state index in [4.69, 9.17) is 9.63 Å². The lowest BCUT2D eigenvalue weighted by molar-refractivity contribution is 0.208. The van der Waals surface area contributed by atoms with Crippen molar-refractivity contribution in [1.29, 1.82) is 0 Å². The van der Waals surface area contributed by atoms with Gasteiger partial charge in [0.2, 0.25) is 0 Å². The Bertz CT molecular complexity index is 482. The molecular formula is C15H20N2O2. The highest BCUT2D eigenvalue weighted by molar-refractivity contribution is 5.58. The fourth-order valence-electron chi connectivity index (χ4n) is 2.00. The molecule has 0 saturated heterocycles. The number of hydrogen-bond donors (Lipinski definition) is 1. The summed E-state index contributed by atoms with van der Waals surface area (Å²) in [6, 6.07) is 12.0. The van der Waals surface area contributed by atoms with Gasteiger partial charge < -0.3 is 9.63 Å². The molecule has 0 amide bonds. The minimum atomic E-state index is 0.224. The molecule has 0 fully saturated rings. The first-order chi connectivity index (χ1) is 9.33. The fraction of sp³-hybridized carbons (Fsp3) is 0.400. The van der Waals surface area contributed by atoms with Crippen molar-refractivity contribution in [3.05, 3.63) is 42.2 Å². The van der Waals surface area contributed by atoms with Crippen LogP contribution in [-0.2, 0) is 6.54 Å². The zero-order valence-corrected chi connectivity index (χ0v) is 11.2. The summed E-state index contributed by atoms with van der Waals surface area (Å²) in [6.45, 7) is 4.86. The lowest BCUT2D eigenvalue weighted by atomic mass is 10.1. The molecule has 19 heavy (non-hydrogen) atoms. The highest BCUT2D eigenvalue weighted by atomic mass is 16.5. The third kappa shape index (κ3) is 3.91. The minimum Gasteiger partial charge on any atom is -0.396 e. The average Bonchev–Trinajstić information content (AvgIpc) is 2.93. The normalized spacial score (nSPS) is 11.1. The van der Waals surface area contributed by atoms with Crippen LogP contribution in [0.3, 0.4) is 0 Å². The molecule has 4 nitrogen and oxygen atoms in total. The van der Waals surface area contributed by atoms with E-state index < -0.39 is 0 Å². The first-order valence-electron chi connectivity index (χ1n) is 6.67. The number of aliphatic hydroxyl groups excluding tert-OH is 1. The van der Waals surface area contributed by atoms with Crippen LogP contribution in [0.25, 0.3) is 11.3 Å². The monoisotopic (exact) mass is 260 g/mol. The van der Waals surface area contributed by atoms with Crippen molar-refractivity contribution < 1.29 is 9.63 Å². The van der Waals surface area contributed by atoms with E-state index >= 15 is 0 Å². The van der Waals surface area contributed by atoms with Crippen molar-refractivity contribution in [3.8, 4) is 11.3 Å². The molecule has 0 aliphatic rings. The van der Waals surface area contributed by atoms with Gasteiger partial charge in [-0.3, -0.25) is 4.90 Å². The Balaban J connectivity index is 2.01. The second kappa shape index (κ2) is 7.07. The lowest BCUT2D eigenvalue weighted by Crippen LogP contribution is -2.24. The molecule has 0 unspecified atom stereocenters. The van der Waals surface area contributed by atoms with Crippen LogP contribution in [0.4, 0.5) is 0 Å². The third-order valence-electron chi connectivity index (χ3n) is 3.09. The van der Waals surface area contributed by atoms with Crippen LogP contribution in [-0.4, -0.2) is 34.9 Å². The van der Waals surface area contributed by atoms with Crippen LogP contribution in [0.2, 0.25) is 0 Å². The van der Waals surface area contributed by atoms with Gasteiger partial charge in [-0.2, -0.15) is 0 Å². The summed E-state index contributed by atoms with van der Waals surface area (Å²) in [6.07, 6.45) is 0.785. The second-order valence-electron chi connectivity index (χ2n) is 4.49. The number of nitrogens with zero attached hydrogens (tertiary/aromatic N) is 2. The van der Waals surface area contributed by atoms with Crippen LogP contribution in [0.1, 0.15) is 19.1 Å². The molecule has 1 heterocycles. The standard InChI is InChI=1S/C15H20N2O2/c1-2-17(9-6-10-18)12-14-11-15(16-19-14)13-7-4-3-5-8-13/h3-5,7-8,11,18H,2,6,9-10,12H2,1H3. The first kappa shape index (κ1) is 13.8. The number of aliphatic hydroxyl groups is 1. The molecule has 0 saturated carbocycles. The summed E-state index contributed by atoms with van der Waals surface area (Å²) in [5.41, 5.74) is 1.93. The summed E-state index contributed by atoms with van der Waals surface area (Å²) in [5, 5.41) is 13.0. The maximum atomic E-state index is 8.87. The summed E-state index contributed by atoms with van der Waals surface area (Å²) >= 11 is 0. The first-order valence-corrected chi connectivity index (χ1v) is 6.67. The van der Waals surface area contributed by atoms with Crippen molar-refractivity contribution in [2.45, 2.75) is 19.9 Å². The Morgan fingerprint density at radius 1 is 1.26 bits per heavy atom. The lowest BCUT2D eigenvalue weighted by Gasteiger charge is -2.17. The van der Waals surface area contributed by atoms with E-state index in [9.17, 15) is 0 Å². The smallest absolute Gasteiger partial charge is 0.151 e. The highest BCUT2D eigenvalue weighted by Gasteiger charge is 2.09. The van der Waals surface area contributed by atoms with Crippen LogP contribution >= 0.6 is 0 Å². The van der Waals surface area contributed by atoms with E-state index in [0.29, 0.717) is 0 Å². The van der Waals surface area contributed by atoms with Gasteiger partial charge in [-0.25, -0.2) is 0 Å². The number of hydrogen-bond acceptors (Lipinski definition) is 4. The van der Waals surface area contributed by atoms with E-state index in [1.807, 2.05) is 36.4 Å². The molecule has 0 aliphatic heterocycles. The maximum Gasteiger partial charge on any atom is 0.151 e. The van der Waals surface area contributed by atoms with Crippen LogP contribution < -0.4 is 0 Å². The van der Waals surface area contributed by atoms with Crippen molar-refractivity contribution in [1.82, 2.24) is 10.1 Å². The molecule has 1 N–H and O–H groups in total. The van der Waals surface area contributed by atoms with Crippen molar-refractivity contribution >= 4 is 0 Å². The predicted octanol–water partition coefficient (Wildman–Crippen LogP) is 2.55. The molecule has 4 heteroatoms. The topological polar surface area (TPSA) is 49.5 Å². The van der Waals surface area contributed by atoms with Gasteiger partial charge in [-0.05, 0) is 13.0 Å². The zero-order chi connectivity index (χ0) is 13.5. The van der Waals surface area contributed by atoms with Gasteiger partial charge in [0.1, 0.15) is 5.69 Å². The van der Waals surface area contributed by atoms with Gasteiger partial charge in [0.05, 0.1) is 6.54 Å². The fourth-order valence-corrected chi connectivity index (χ4v) is 2.00. The highest BCUT2D eigenvalue weighted by Crippen LogP contribution is 2.19. The van der Waals surface area contributed by atoms with Gasteiger partial charge in [0.15, 0.2) is 5.76 Å². The Morgan fingerprint density at radius 3 is 2.74 bits per heavy atom. The van der Waals surface area contributed by atoms with E-state index in [1.165, 1.54) is 0 Å². The van der Waals surface area contributed by atoms with Crippen molar-refractivity contribution in [3.63, 3.8) is 0 Å². The van der Waals surface area contributed by atoms with Crippen LogP contribution in [0.15, 0.2) is 40.9 Å². The largest absolute Gasteiger partial charge is 0.396 e. The summed E-state index contributed by atoms with van der Waals surface area (Å²) in [5.74, 6) is 0.860. The SMILES string of the molecule is CCN(CCCO)Cc1cc(-c2ccccc2)no1. The Labute approximate surface area is 113 Å². The molecule has 1 aromatic carbocycles. The van der Waals surface area contributed by atoms with Crippen molar-refractivity contribution in [2.24, 2.45) is 0 Å². The number of benzene rings is 1. The molecular weight excluding hydrogens is 240 g/mol. The van der Waals surface area contributed by atoms with Gasteiger partial charge in [-0.1, -0.05) is 42.4 Å². The number of rotatable bonds is 7. The van der Waals surface area contributed by atoms with Gasteiger partial charge in [0.25, 0.3) is 0 Å². The van der Waals surface area contributed by atoms with Gasteiger partial charge in [-0.15, -0.1) is 0 Å². The third-order valence-corrected chi connectivity index (χ3v) is 3.09. The van der Waals surface area contributed by atoms with E-state index in [2.05, 4.69) is 17.0 Å². The van der Waals surface area contributed by atoms with Gasteiger partial charge >= 0.3 is 0 Å². The van der Waals surface area contributed by atoms with Crippen LogP contribution in [0.5, 0.6) is 0 Å². The van der Waals surface area contributed by atoms with E-state index in [0.717, 1.165) is 43.1 Å². The van der Waals surface area contributed by atoms with Gasteiger partial charge in [0, 0.05) is 24.8 Å². The van der Waals surface area contributed by atoms with E-state index in [1.54, 1.807) is 0 Å². The Kier molecular flexibility index (Phi) is 5.12. The molecule has 0 radical (unpaired) electrons. The molecule has 0 bridgehead atoms. The van der Waals surface area contributed by atoms with E-state index in [-0.39, 0.29) is 6.61 Å². The molecule has 0 aliphatic carbocycles. The molecule has 1 aromatic heterocycles. The predicted molar refractivity (Wildman–Crippen MR) is 74.6 cm³/mol. The van der Waals surface area contributed by atoms with Crippen molar-refractivity contribution in [2.75, 3.05) is 19.7 Å². The molecule has 0 atom stereocenters. The molecule has 2 rings (SSSR count). The summed E-state index contributed by atoms with van der Waals surface area (Å²) in [7, 11) is 0. The summed E-state index contributed by atoms with van der Waals surface area (Å²) in [4.78, 5) is 2.23. The quantitative estimate of drug-likeness (QED) is 0.831.